The van der Waals surface area contributed by atoms with E-state index in [4.69, 9.17) is 20.3 Å². The first-order valence-electron chi connectivity index (χ1n) is 15.1. The second kappa shape index (κ2) is 19.6. The molecule has 0 unspecified atom stereocenters. The number of amides is 2. The van der Waals surface area contributed by atoms with Gasteiger partial charge in [0.25, 0.3) is 0 Å². The molecule has 2 aromatic carbocycles. The van der Waals surface area contributed by atoms with E-state index < -0.39 is 20.5 Å². The van der Waals surface area contributed by atoms with E-state index in [2.05, 4.69) is 49.6 Å². The highest BCUT2D eigenvalue weighted by Gasteiger charge is 2.34. The summed E-state index contributed by atoms with van der Waals surface area (Å²) < 4.78 is 14.2. The molecule has 1 N–H and O–H groups in total. The van der Waals surface area contributed by atoms with E-state index >= 15 is 0 Å². The number of H-pyrrole nitrogens is 1. The molecular formula is C30H39AlN10O4. The van der Waals surface area contributed by atoms with Crippen molar-refractivity contribution in [3.63, 3.8) is 0 Å². The van der Waals surface area contributed by atoms with Crippen LogP contribution < -0.4 is 0 Å². The predicted octanol–water partition coefficient (Wildman–Crippen LogP) is 6.31. The molecule has 14 nitrogen and oxygen atoms in total. The normalized spacial score (nSPS) is 16.6. The van der Waals surface area contributed by atoms with Crippen molar-refractivity contribution in [1.29, 1.82) is 5.26 Å². The summed E-state index contributed by atoms with van der Waals surface area (Å²) in [6.07, 6.45) is 2.65. The maximum atomic E-state index is 12.1. The van der Waals surface area contributed by atoms with Crippen molar-refractivity contribution in [2.24, 2.45) is 4.10 Å². The Balaban J connectivity index is 0.000000201. The molecule has 236 valence electrons. The van der Waals surface area contributed by atoms with Crippen molar-refractivity contribution in [1.82, 2.24) is 30.4 Å². The van der Waals surface area contributed by atoms with Crippen molar-refractivity contribution in [3.05, 3.63) is 88.1 Å². The smallest absolute Gasteiger partial charge is 0.411 e. The number of rotatable bonds is 8. The van der Waals surface area contributed by atoms with E-state index in [9.17, 15) is 9.59 Å². The van der Waals surface area contributed by atoms with Gasteiger partial charge in [0.15, 0.2) is 5.82 Å². The molecule has 2 saturated heterocycles. The zero-order chi connectivity index (χ0) is 32.3. The van der Waals surface area contributed by atoms with E-state index in [0.29, 0.717) is 18.9 Å². The lowest BCUT2D eigenvalue weighted by Gasteiger charge is -2.21. The molecule has 0 bridgehead atoms. The third kappa shape index (κ3) is 11.4. The highest BCUT2D eigenvalue weighted by Crippen LogP contribution is 2.29. The third-order valence-corrected chi connectivity index (χ3v) is 9.67. The summed E-state index contributed by atoms with van der Waals surface area (Å²) in [5.41, 5.74) is 9.91. The average molecular weight is 631 g/mol. The van der Waals surface area contributed by atoms with Gasteiger partial charge in [-0.05, 0) is 47.3 Å². The highest BCUT2D eigenvalue weighted by molar-refractivity contribution is 6.56. The van der Waals surface area contributed by atoms with Crippen LogP contribution in [0.25, 0.3) is 10.4 Å². The molecular weight excluding hydrogens is 591 g/mol. The van der Waals surface area contributed by atoms with E-state index in [1.807, 2.05) is 60.7 Å². The van der Waals surface area contributed by atoms with E-state index in [0.717, 1.165) is 47.4 Å². The van der Waals surface area contributed by atoms with Crippen molar-refractivity contribution in [3.8, 4) is 6.07 Å². The Bertz CT molecular complexity index is 1380. The lowest BCUT2D eigenvalue weighted by Crippen LogP contribution is -2.34. The number of carbonyl (C=O) groups is 2. The number of aromatic nitrogens is 4. The average Bonchev–Trinajstić information content (AvgIpc) is 3.89. The molecule has 3 aromatic rings. The number of carbonyl (C=O) groups excluding carboxylic acids is 2. The predicted molar refractivity (Wildman–Crippen MR) is 167 cm³/mol. The summed E-state index contributed by atoms with van der Waals surface area (Å²) in [5, 5.41) is 24.9. The summed E-state index contributed by atoms with van der Waals surface area (Å²) >= 11 is -0.984. The van der Waals surface area contributed by atoms with E-state index in [-0.39, 0.29) is 31.4 Å². The van der Waals surface area contributed by atoms with Gasteiger partial charge in [0.05, 0.1) is 12.1 Å². The number of likely N-dealkylation sites (tertiary alicyclic amines) is 2. The first-order valence-corrected chi connectivity index (χ1v) is 17.3. The van der Waals surface area contributed by atoms with Gasteiger partial charge in [-0.2, -0.15) is 10.5 Å². The third-order valence-electron chi connectivity index (χ3n) is 7.35. The molecule has 15 heteroatoms. The van der Waals surface area contributed by atoms with Crippen molar-refractivity contribution in [2.45, 2.75) is 75.4 Å². The Kier molecular flexibility index (Phi) is 15.2. The zero-order valence-electron chi connectivity index (χ0n) is 25.7. The Morgan fingerprint density at radius 1 is 0.978 bits per heavy atom. The quantitative estimate of drug-likeness (QED) is 0.130. The second-order valence-electron chi connectivity index (χ2n) is 10.4. The molecule has 0 saturated carbocycles. The zero-order valence-corrected chi connectivity index (χ0v) is 26.9. The first-order chi connectivity index (χ1) is 22.0. The molecule has 0 spiro atoms. The lowest BCUT2D eigenvalue weighted by atomic mass is 10.2. The number of azide groups is 1. The summed E-state index contributed by atoms with van der Waals surface area (Å²) in [4.78, 5) is 29.8. The minimum Gasteiger partial charge on any atom is -0.445 e. The summed E-state index contributed by atoms with van der Waals surface area (Å²) in [7, 11) is 0. The molecule has 0 radical (unpaired) electrons. The van der Waals surface area contributed by atoms with Crippen LogP contribution in [-0.2, 0) is 22.7 Å². The molecule has 2 amide bonds. The summed E-state index contributed by atoms with van der Waals surface area (Å²) in [6, 6.07) is 20.8. The molecule has 3 heterocycles. The van der Waals surface area contributed by atoms with Gasteiger partial charge in [0.1, 0.15) is 19.3 Å². The summed E-state index contributed by atoms with van der Waals surface area (Å²) in [5.74, 6) is 0.541. The van der Waals surface area contributed by atoms with Crippen LogP contribution in [0.3, 0.4) is 0 Å². The summed E-state index contributed by atoms with van der Waals surface area (Å²) in [6.45, 7) is 5.96. The Hall–Kier alpha value is -4.62. The minimum absolute atomic E-state index is 0.142. The van der Waals surface area contributed by atoms with Crippen LogP contribution in [-0.4, -0.2) is 76.1 Å². The highest BCUT2D eigenvalue weighted by atomic mass is 27.2. The number of hydrogen-bond acceptors (Lipinski definition) is 9. The molecule has 2 aliphatic heterocycles. The van der Waals surface area contributed by atoms with Crippen LogP contribution >= 0.6 is 0 Å². The molecule has 2 aliphatic rings. The van der Waals surface area contributed by atoms with Crippen LogP contribution in [0.5, 0.6) is 0 Å². The molecule has 5 rings (SSSR count). The second-order valence-corrected chi connectivity index (χ2v) is 13.5. The van der Waals surface area contributed by atoms with Crippen LogP contribution in [0.15, 0.2) is 64.8 Å². The number of ether oxygens (including phenoxy) is 2. The number of benzene rings is 2. The maximum Gasteiger partial charge on any atom is 0.411 e. The van der Waals surface area contributed by atoms with Gasteiger partial charge in [-0.15, -0.1) is 10.2 Å². The number of tetrazole rings is 1. The van der Waals surface area contributed by atoms with Crippen LogP contribution in [0.4, 0.5) is 9.59 Å². The fourth-order valence-electron chi connectivity index (χ4n) is 4.81. The van der Waals surface area contributed by atoms with E-state index in [1.165, 1.54) is 4.90 Å². The molecule has 1 aromatic heterocycles. The van der Waals surface area contributed by atoms with E-state index in [1.54, 1.807) is 4.90 Å². The topological polar surface area (TPSA) is 186 Å². The SMILES string of the molecule is C[CH2][Al]([CH2]C)[N]=[N+]=[N-].N#C[C@H]1CCCN1C(=O)OCc1ccccc1.O=C(OCc1ccccc1)N1CCC[C@@H]1c1nn[nH]n1. The van der Waals surface area contributed by atoms with Gasteiger partial charge in [-0.25, -0.2) is 13.7 Å². The number of nitriles is 1. The van der Waals surface area contributed by atoms with Gasteiger partial charge in [-0.3, -0.25) is 9.80 Å². The molecule has 0 aliphatic carbocycles. The fourth-order valence-corrected chi connectivity index (χ4v) is 5.86. The molecule has 2 atom stereocenters. The van der Waals surface area contributed by atoms with Crippen LogP contribution in [0, 0.1) is 11.3 Å². The Morgan fingerprint density at radius 2 is 1.53 bits per heavy atom. The number of aromatic amines is 1. The molecule has 2 fully saturated rings. The Labute approximate surface area is 267 Å². The largest absolute Gasteiger partial charge is 0.445 e. The van der Waals surface area contributed by atoms with Gasteiger partial charge in [0.2, 0.25) is 0 Å². The maximum absolute atomic E-state index is 12.1. The van der Waals surface area contributed by atoms with Gasteiger partial charge >= 0.3 is 26.6 Å². The lowest BCUT2D eigenvalue weighted by molar-refractivity contribution is 0.0908. The monoisotopic (exact) mass is 630 g/mol. The number of nitrogens with one attached hydrogen (secondary N) is 1. The van der Waals surface area contributed by atoms with Gasteiger partial charge < -0.3 is 9.47 Å². The minimum atomic E-state index is -0.984. The Morgan fingerprint density at radius 3 is 2.02 bits per heavy atom. The number of nitrogens with zero attached hydrogens (tertiary/aromatic N) is 9. The first kappa shape index (κ1) is 34.9. The number of hydrogen-bond donors (Lipinski definition) is 1. The fraction of sp³-hybridized carbons (Fsp3) is 0.467. The van der Waals surface area contributed by atoms with Crippen molar-refractivity contribution < 1.29 is 19.1 Å². The van der Waals surface area contributed by atoms with Crippen LogP contribution in [0.1, 0.15) is 62.5 Å². The van der Waals surface area contributed by atoms with Gasteiger partial charge in [-0.1, -0.05) is 90.3 Å². The van der Waals surface area contributed by atoms with Gasteiger partial charge in [0, 0.05) is 13.1 Å². The standard InChI is InChI=1S/C13H15N5O2.C13H14N2O2.2C2H5.Al.N3/c19-13(20-9-10-5-2-1-3-6-10)18-8-4-7-11(18)12-14-16-17-15-12;14-9-12-7-4-8-15(12)13(16)17-10-11-5-2-1-3-6-11;2*1-2;;1-3-2/h1-3,5-6,11H,4,7-9H2,(H,14,15,16,17);1-3,5-6,12H,4,7-8,10H2;2*1H2,2H3;;/q;;;;+1;-1/t11-;12-;;;;/m11..../s1. The van der Waals surface area contributed by atoms with Crippen molar-refractivity contribution >= 4 is 26.6 Å². The van der Waals surface area contributed by atoms with Crippen molar-refractivity contribution in [2.75, 3.05) is 13.1 Å². The van der Waals surface area contributed by atoms with Crippen LogP contribution in [0.2, 0.25) is 10.6 Å². The molecule has 45 heavy (non-hydrogen) atoms.